The first-order valence-electron chi connectivity index (χ1n) is 6.94. The zero-order valence-corrected chi connectivity index (χ0v) is 13.1. The molecule has 0 unspecified atom stereocenters. The predicted octanol–water partition coefficient (Wildman–Crippen LogP) is 3.67. The average molecular weight is 344 g/mol. The first kappa shape index (κ1) is 15.4. The molecule has 3 nitrogen and oxygen atoms in total. The average Bonchev–Trinajstić information content (AvgIpc) is 2.89. The van der Waals surface area contributed by atoms with E-state index < -0.39 is 0 Å². The number of rotatable bonds is 5. The molecule has 1 amide bonds. The van der Waals surface area contributed by atoms with E-state index in [1.54, 1.807) is 0 Å². The minimum Gasteiger partial charge on any atom is -0.378 e. The van der Waals surface area contributed by atoms with E-state index in [1.807, 2.05) is 6.92 Å². The predicted molar refractivity (Wildman–Crippen MR) is 79.2 cm³/mol. The molecule has 0 aromatic heterocycles. The number of benzene rings is 1. The van der Waals surface area contributed by atoms with E-state index >= 15 is 0 Å². The fourth-order valence-corrected chi connectivity index (χ4v) is 2.89. The van der Waals surface area contributed by atoms with Gasteiger partial charge in [-0.3, -0.25) is 4.79 Å². The molecule has 1 aliphatic heterocycles. The molecule has 5 heteroatoms. The van der Waals surface area contributed by atoms with Crippen molar-refractivity contribution in [3.8, 4) is 0 Å². The molecule has 0 aliphatic carbocycles. The summed E-state index contributed by atoms with van der Waals surface area (Å²) < 4.78 is 19.0. The van der Waals surface area contributed by atoms with E-state index in [9.17, 15) is 9.18 Å². The Morgan fingerprint density at radius 1 is 1.60 bits per heavy atom. The van der Waals surface area contributed by atoms with Crippen LogP contribution in [0.2, 0.25) is 0 Å². The maximum atomic E-state index is 13.0. The molecule has 1 saturated heterocycles. The van der Waals surface area contributed by atoms with Gasteiger partial charge in [0.15, 0.2) is 0 Å². The van der Waals surface area contributed by atoms with Crippen molar-refractivity contribution in [3.05, 3.63) is 34.1 Å². The van der Waals surface area contributed by atoms with Gasteiger partial charge >= 0.3 is 0 Å². The number of carbonyl (C=O) groups is 1. The van der Waals surface area contributed by atoms with Crippen LogP contribution in [-0.2, 0) is 4.74 Å². The standard InChI is InChI=1S/C15H19BrFNO2/c1-10(4-6-12-3-2-8-20-12)18-15(19)13-7-5-11(17)9-14(13)16/h5,7,9-10,12H,2-4,6,8H2,1H3,(H,18,19)/t10-,12+/m0/s1. The monoisotopic (exact) mass is 343 g/mol. The molecular formula is C15H19BrFNO2. The van der Waals surface area contributed by atoms with Crippen LogP contribution in [0.1, 0.15) is 43.0 Å². The van der Waals surface area contributed by atoms with Gasteiger partial charge in [-0.1, -0.05) is 0 Å². The Hall–Kier alpha value is -0.940. The Bertz CT molecular complexity index is 475. The fraction of sp³-hybridized carbons (Fsp3) is 0.533. The van der Waals surface area contributed by atoms with Gasteiger partial charge in [0.05, 0.1) is 11.7 Å². The zero-order chi connectivity index (χ0) is 14.5. The molecule has 0 spiro atoms. The molecule has 1 aliphatic rings. The van der Waals surface area contributed by atoms with Crippen LogP contribution in [0.4, 0.5) is 4.39 Å². The third kappa shape index (κ3) is 4.28. The van der Waals surface area contributed by atoms with E-state index in [0.717, 1.165) is 32.3 Å². The summed E-state index contributed by atoms with van der Waals surface area (Å²) in [5.74, 6) is -0.545. The summed E-state index contributed by atoms with van der Waals surface area (Å²) in [6.45, 7) is 2.83. The van der Waals surface area contributed by atoms with Crippen molar-refractivity contribution in [2.75, 3.05) is 6.61 Å². The minimum atomic E-state index is -0.361. The van der Waals surface area contributed by atoms with Gasteiger partial charge < -0.3 is 10.1 Å². The van der Waals surface area contributed by atoms with Crippen molar-refractivity contribution < 1.29 is 13.9 Å². The second-order valence-electron chi connectivity index (χ2n) is 5.21. The molecule has 0 radical (unpaired) electrons. The number of amides is 1. The van der Waals surface area contributed by atoms with Crippen molar-refractivity contribution in [1.82, 2.24) is 5.32 Å². The Labute approximate surface area is 127 Å². The van der Waals surface area contributed by atoms with E-state index in [1.165, 1.54) is 18.2 Å². The van der Waals surface area contributed by atoms with Crippen molar-refractivity contribution >= 4 is 21.8 Å². The topological polar surface area (TPSA) is 38.3 Å². The van der Waals surface area contributed by atoms with Gasteiger partial charge in [-0.2, -0.15) is 0 Å². The van der Waals surface area contributed by atoms with Crippen molar-refractivity contribution in [3.63, 3.8) is 0 Å². The van der Waals surface area contributed by atoms with Gasteiger partial charge in [-0.15, -0.1) is 0 Å². The molecule has 0 bridgehead atoms. The first-order chi connectivity index (χ1) is 9.56. The molecule has 1 fully saturated rings. The highest BCUT2D eigenvalue weighted by atomic mass is 79.9. The third-order valence-corrected chi connectivity index (χ3v) is 4.15. The van der Waals surface area contributed by atoms with Crippen LogP contribution >= 0.6 is 15.9 Å². The fourth-order valence-electron chi connectivity index (χ4n) is 2.36. The van der Waals surface area contributed by atoms with Gasteiger partial charge in [0.25, 0.3) is 5.91 Å². The van der Waals surface area contributed by atoms with E-state index in [2.05, 4.69) is 21.2 Å². The van der Waals surface area contributed by atoms with Crippen LogP contribution in [0.5, 0.6) is 0 Å². The highest BCUT2D eigenvalue weighted by Crippen LogP contribution is 2.19. The van der Waals surface area contributed by atoms with Crippen molar-refractivity contribution in [2.24, 2.45) is 0 Å². The summed E-state index contributed by atoms with van der Waals surface area (Å²) in [5.41, 5.74) is 0.454. The maximum absolute atomic E-state index is 13.0. The molecule has 0 saturated carbocycles. The lowest BCUT2D eigenvalue weighted by molar-refractivity contribution is 0.0898. The van der Waals surface area contributed by atoms with Crippen LogP contribution in [0.25, 0.3) is 0 Å². The number of hydrogen-bond donors (Lipinski definition) is 1. The molecule has 2 atom stereocenters. The number of hydrogen-bond acceptors (Lipinski definition) is 2. The largest absolute Gasteiger partial charge is 0.378 e. The van der Waals surface area contributed by atoms with Crippen molar-refractivity contribution in [1.29, 1.82) is 0 Å². The molecule has 20 heavy (non-hydrogen) atoms. The summed E-state index contributed by atoms with van der Waals surface area (Å²) in [5, 5.41) is 2.93. The van der Waals surface area contributed by atoms with Crippen LogP contribution in [0.15, 0.2) is 22.7 Å². The SMILES string of the molecule is C[C@@H](CC[C@H]1CCCO1)NC(=O)c1ccc(F)cc1Br. The Morgan fingerprint density at radius 2 is 2.40 bits per heavy atom. The molecule has 1 N–H and O–H groups in total. The second-order valence-corrected chi connectivity index (χ2v) is 6.07. The van der Waals surface area contributed by atoms with Gasteiger partial charge in [-0.05, 0) is 66.7 Å². The summed E-state index contributed by atoms with van der Waals surface area (Å²) in [6, 6.07) is 4.15. The molecule has 1 aromatic rings. The lowest BCUT2D eigenvalue weighted by Gasteiger charge is -2.16. The van der Waals surface area contributed by atoms with E-state index in [0.29, 0.717) is 16.1 Å². The number of halogens is 2. The Morgan fingerprint density at radius 3 is 3.05 bits per heavy atom. The zero-order valence-electron chi connectivity index (χ0n) is 11.5. The second kappa shape index (κ2) is 7.18. The molecule has 1 heterocycles. The van der Waals surface area contributed by atoms with Crippen molar-refractivity contribution in [2.45, 2.75) is 44.8 Å². The molecule has 2 rings (SSSR count). The maximum Gasteiger partial charge on any atom is 0.252 e. The number of ether oxygens (including phenoxy) is 1. The Balaban J connectivity index is 1.83. The lowest BCUT2D eigenvalue weighted by Crippen LogP contribution is -2.33. The number of carbonyl (C=O) groups excluding carboxylic acids is 1. The van der Waals surface area contributed by atoms with Crippen LogP contribution in [0, 0.1) is 5.82 Å². The number of nitrogens with one attached hydrogen (secondary N) is 1. The van der Waals surface area contributed by atoms with Gasteiger partial charge in [0.1, 0.15) is 5.82 Å². The van der Waals surface area contributed by atoms with Gasteiger partial charge in [-0.25, -0.2) is 4.39 Å². The molecule has 1 aromatic carbocycles. The van der Waals surface area contributed by atoms with Crippen LogP contribution in [-0.4, -0.2) is 24.7 Å². The van der Waals surface area contributed by atoms with Gasteiger partial charge in [0, 0.05) is 17.1 Å². The van der Waals surface area contributed by atoms with Gasteiger partial charge in [0.2, 0.25) is 0 Å². The first-order valence-corrected chi connectivity index (χ1v) is 7.73. The summed E-state index contributed by atoms with van der Waals surface area (Å²) in [6.07, 6.45) is 4.44. The van der Waals surface area contributed by atoms with E-state index in [4.69, 9.17) is 4.74 Å². The molecular weight excluding hydrogens is 325 g/mol. The summed E-state index contributed by atoms with van der Waals surface area (Å²) in [7, 11) is 0. The smallest absolute Gasteiger partial charge is 0.252 e. The quantitative estimate of drug-likeness (QED) is 0.885. The highest BCUT2D eigenvalue weighted by Gasteiger charge is 2.18. The third-order valence-electron chi connectivity index (χ3n) is 3.50. The van der Waals surface area contributed by atoms with Crippen LogP contribution < -0.4 is 5.32 Å². The van der Waals surface area contributed by atoms with Crippen LogP contribution in [0.3, 0.4) is 0 Å². The molecule has 110 valence electrons. The normalized spacial score (nSPS) is 19.9. The summed E-state index contributed by atoms with van der Waals surface area (Å²) in [4.78, 5) is 12.1. The highest BCUT2D eigenvalue weighted by molar-refractivity contribution is 9.10. The van der Waals surface area contributed by atoms with E-state index in [-0.39, 0.29) is 17.8 Å². The summed E-state index contributed by atoms with van der Waals surface area (Å²) >= 11 is 3.21. The minimum absolute atomic E-state index is 0.0728. The Kier molecular flexibility index (Phi) is 5.54. The lowest BCUT2D eigenvalue weighted by atomic mass is 10.1.